The highest BCUT2D eigenvalue weighted by molar-refractivity contribution is 7.13. The summed E-state index contributed by atoms with van der Waals surface area (Å²) in [5.41, 5.74) is 12.0. The summed E-state index contributed by atoms with van der Waals surface area (Å²) in [5, 5.41) is 2.93. The quantitative estimate of drug-likeness (QED) is 0.675. The maximum atomic E-state index is 12.1. The Morgan fingerprint density at radius 1 is 1.08 bits per heavy atom. The van der Waals surface area contributed by atoms with Crippen molar-refractivity contribution in [3.8, 4) is 10.6 Å². The molecular formula is C14H11ClN6O2S. The summed E-state index contributed by atoms with van der Waals surface area (Å²) in [6.07, 6.45) is 0. The molecule has 0 saturated heterocycles. The second-order valence-electron chi connectivity index (χ2n) is 4.59. The van der Waals surface area contributed by atoms with Crippen molar-refractivity contribution < 1.29 is 9.53 Å². The largest absolute Gasteiger partial charge is 0.453 e. The van der Waals surface area contributed by atoms with Crippen LogP contribution in [0, 0.1) is 0 Å². The summed E-state index contributed by atoms with van der Waals surface area (Å²) in [5.74, 6) is -0.495. The van der Waals surface area contributed by atoms with Crippen molar-refractivity contribution in [3.05, 3.63) is 46.2 Å². The first-order valence-corrected chi connectivity index (χ1v) is 7.91. The minimum absolute atomic E-state index is 0.0350. The number of esters is 1. The number of hydrogen-bond acceptors (Lipinski definition) is 9. The van der Waals surface area contributed by atoms with E-state index in [1.165, 1.54) is 11.3 Å². The van der Waals surface area contributed by atoms with E-state index in [1.54, 1.807) is 17.5 Å². The molecule has 8 nitrogen and oxygen atoms in total. The molecule has 2 heterocycles. The van der Waals surface area contributed by atoms with Gasteiger partial charge in [-0.3, -0.25) is 0 Å². The number of halogens is 1. The number of anilines is 2. The SMILES string of the molecule is Nc1nc(N)nc(COC(=O)c2csc(-c3ccc(Cl)cc3)n2)n1. The molecule has 122 valence electrons. The van der Waals surface area contributed by atoms with E-state index in [0.29, 0.717) is 10.0 Å². The van der Waals surface area contributed by atoms with E-state index >= 15 is 0 Å². The van der Waals surface area contributed by atoms with E-state index in [0.717, 1.165) is 5.56 Å². The molecule has 0 atom stereocenters. The first kappa shape index (κ1) is 16.1. The number of rotatable bonds is 4. The zero-order valence-corrected chi connectivity index (χ0v) is 13.7. The lowest BCUT2D eigenvalue weighted by atomic mass is 10.2. The highest BCUT2D eigenvalue weighted by Gasteiger charge is 2.14. The molecular weight excluding hydrogens is 352 g/mol. The number of aromatic nitrogens is 4. The van der Waals surface area contributed by atoms with Crippen molar-refractivity contribution in [1.82, 2.24) is 19.9 Å². The van der Waals surface area contributed by atoms with Gasteiger partial charge in [0.1, 0.15) is 5.01 Å². The van der Waals surface area contributed by atoms with E-state index in [4.69, 9.17) is 27.8 Å². The summed E-state index contributed by atoms with van der Waals surface area (Å²) in [4.78, 5) is 27.6. The Morgan fingerprint density at radius 2 is 1.75 bits per heavy atom. The van der Waals surface area contributed by atoms with Crippen molar-refractivity contribution >= 4 is 40.8 Å². The van der Waals surface area contributed by atoms with Gasteiger partial charge < -0.3 is 16.2 Å². The zero-order valence-electron chi connectivity index (χ0n) is 12.1. The van der Waals surface area contributed by atoms with E-state index in [1.807, 2.05) is 12.1 Å². The molecule has 0 radical (unpaired) electrons. The van der Waals surface area contributed by atoms with Crippen LogP contribution in [0.3, 0.4) is 0 Å². The maximum Gasteiger partial charge on any atom is 0.358 e. The lowest BCUT2D eigenvalue weighted by Crippen LogP contribution is -2.11. The number of nitrogens with two attached hydrogens (primary N) is 2. The predicted octanol–water partition coefficient (Wildman–Crippen LogP) is 2.17. The Balaban J connectivity index is 1.68. The summed E-state index contributed by atoms with van der Waals surface area (Å²) in [6.45, 7) is -0.177. The fourth-order valence-corrected chi connectivity index (χ4v) is 2.74. The summed E-state index contributed by atoms with van der Waals surface area (Å²) >= 11 is 7.18. The molecule has 0 bridgehead atoms. The van der Waals surface area contributed by atoms with Crippen molar-refractivity contribution in [2.75, 3.05) is 11.5 Å². The number of thiazole rings is 1. The van der Waals surface area contributed by atoms with Crippen molar-refractivity contribution in [1.29, 1.82) is 0 Å². The van der Waals surface area contributed by atoms with Crippen LogP contribution in [0.5, 0.6) is 0 Å². The average molecular weight is 363 g/mol. The predicted molar refractivity (Wildman–Crippen MR) is 90.3 cm³/mol. The van der Waals surface area contributed by atoms with Gasteiger partial charge >= 0.3 is 5.97 Å². The Labute approximate surface area is 145 Å². The van der Waals surface area contributed by atoms with Gasteiger partial charge in [0, 0.05) is 16.0 Å². The van der Waals surface area contributed by atoms with Crippen LogP contribution in [0.1, 0.15) is 16.3 Å². The van der Waals surface area contributed by atoms with Gasteiger partial charge in [-0.1, -0.05) is 23.7 Å². The summed E-state index contributed by atoms with van der Waals surface area (Å²) < 4.78 is 5.11. The first-order chi connectivity index (χ1) is 11.5. The Kier molecular flexibility index (Phi) is 4.54. The van der Waals surface area contributed by atoms with Gasteiger partial charge in [-0.15, -0.1) is 11.3 Å². The van der Waals surface area contributed by atoms with Gasteiger partial charge in [0.05, 0.1) is 0 Å². The molecule has 2 aromatic heterocycles. The van der Waals surface area contributed by atoms with Gasteiger partial charge in [0.15, 0.2) is 18.1 Å². The van der Waals surface area contributed by atoms with Crippen LogP contribution >= 0.6 is 22.9 Å². The molecule has 0 spiro atoms. The fraction of sp³-hybridized carbons (Fsp3) is 0.0714. The molecule has 0 aliphatic carbocycles. The third kappa shape index (κ3) is 3.76. The molecule has 1 aromatic carbocycles. The number of hydrogen-bond donors (Lipinski definition) is 2. The van der Waals surface area contributed by atoms with E-state index < -0.39 is 5.97 Å². The van der Waals surface area contributed by atoms with Crippen LogP contribution in [0.15, 0.2) is 29.6 Å². The smallest absolute Gasteiger partial charge is 0.358 e. The molecule has 0 amide bonds. The molecule has 0 unspecified atom stereocenters. The summed E-state index contributed by atoms with van der Waals surface area (Å²) in [7, 11) is 0. The molecule has 3 rings (SSSR count). The highest BCUT2D eigenvalue weighted by atomic mass is 35.5. The number of nitrogen functional groups attached to an aromatic ring is 2. The van der Waals surface area contributed by atoms with E-state index in [2.05, 4.69) is 19.9 Å². The van der Waals surface area contributed by atoms with Gasteiger partial charge in [0.25, 0.3) is 0 Å². The normalized spacial score (nSPS) is 10.5. The third-order valence-electron chi connectivity index (χ3n) is 2.85. The number of carbonyl (C=O) groups excluding carboxylic acids is 1. The van der Waals surface area contributed by atoms with Crippen LogP contribution in [-0.2, 0) is 11.3 Å². The molecule has 24 heavy (non-hydrogen) atoms. The third-order valence-corrected chi connectivity index (χ3v) is 4.00. The van der Waals surface area contributed by atoms with Crippen LogP contribution in [0.2, 0.25) is 5.02 Å². The Bertz CT molecular complexity index is 863. The fourth-order valence-electron chi connectivity index (χ4n) is 1.82. The monoisotopic (exact) mass is 362 g/mol. The molecule has 0 aliphatic rings. The Morgan fingerprint density at radius 3 is 2.42 bits per heavy atom. The lowest BCUT2D eigenvalue weighted by molar-refractivity contribution is 0.0456. The van der Waals surface area contributed by atoms with Crippen molar-refractivity contribution in [2.24, 2.45) is 0 Å². The van der Waals surface area contributed by atoms with Crippen LogP contribution in [0.25, 0.3) is 10.6 Å². The van der Waals surface area contributed by atoms with Crippen molar-refractivity contribution in [3.63, 3.8) is 0 Å². The zero-order chi connectivity index (χ0) is 17.1. The van der Waals surface area contributed by atoms with Gasteiger partial charge in [-0.05, 0) is 12.1 Å². The topological polar surface area (TPSA) is 130 Å². The van der Waals surface area contributed by atoms with Gasteiger partial charge in [-0.2, -0.15) is 15.0 Å². The molecule has 10 heteroatoms. The number of ether oxygens (including phenoxy) is 1. The van der Waals surface area contributed by atoms with Crippen LogP contribution in [-0.4, -0.2) is 25.9 Å². The minimum Gasteiger partial charge on any atom is -0.453 e. The standard InChI is InChI=1S/C14H11ClN6O2S/c15-8-3-1-7(2-4-8)11-18-9(6-24-11)12(22)23-5-10-19-13(16)21-14(17)20-10/h1-4,6H,5H2,(H4,16,17,19,20,21). The van der Waals surface area contributed by atoms with E-state index in [9.17, 15) is 4.79 Å². The molecule has 0 aliphatic heterocycles. The van der Waals surface area contributed by atoms with Crippen molar-refractivity contribution in [2.45, 2.75) is 6.61 Å². The number of benzene rings is 1. The molecule has 4 N–H and O–H groups in total. The molecule has 3 aromatic rings. The van der Waals surface area contributed by atoms with E-state index in [-0.39, 0.29) is 30.0 Å². The highest BCUT2D eigenvalue weighted by Crippen LogP contribution is 2.25. The first-order valence-electron chi connectivity index (χ1n) is 6.66. The number of carbonyl (C=O) groups is 1. The second-order valence-corrected chi connectivity index (χ2v) is 5.88. The summed E-state index contributed by atoms with van der Waals surface area (Å²) in [6, 6.07) is 7.16. The maximum absolute atomic E-state index is 12.1. The van der Waals surface area contributed by atoms with Crippen LogP contribution < -0.4 is 11.5 Å². The molecule has 0 fully saturated rings. The van der Waals surface area contributed by atoms with Crippen LogP contribution in [0.4, 0.5) is 11.9 Å². The average Bonchev–Trinajstić information content (AvgIpc) is 3.02. The molecule has 0 saturated carbocycles. The lowest BCUT2D eigenvalue weighted by Gasteiger charge is -2.03. The Hall–Kier alpha value is -2.78. The number of nitrogens with zero attached hydrogens (tertiary/aromatic N) is 4. The van der Waals surface area contributed by atoms with Gasteiger partial charge in [-0.25, -0.2) is 9.78 Å². The minimum atomic E-state index is -0.594. The second kappa shape index (κ2) is 6.77. The van der Waals surface area contributed by atoms with Gasteiger partial charge in [0.2, 0.25) is 11.9 Å².